The number of halogens is 1. The maximum absolute atomic E-state index is 13.3. The van der Waals surface area contributed by atoms with E-state index in [-0.39, 0.29) is 17.4 Å². The van der Waals surface area contributed by atoms with Crippen LogP contribution in [0.15, 0.2) is 24.3 Å². The molecule has 0 radical (unpaired) electrons. The number of carbonyl (C=O) groups is 2. The minimum Gasteiger partial charge on any atom is -0.448 e. The molecule has 4 rings (SSSR count). The van der Waals surface area contributed by atoms with E-state index in [1.165, 1.54) is 12.1 Å². The van der Waals surface area contributed by atoms with E-state index in [1.807, 2.05) is 0 Å². The zero-order chi connectivity index (χ0) is 20.4. The van der Waals surface area contributed by atoms with Crippen LogP contribution in [-0.2, 0) is 22.4 Å². The molecule has 1 amide bonds. The summed E-state index contributed by atoms with van der Waals surface area (Å²) in [5, 5.41) is 4.54. The van der Waals surface area contributed by atoms with E-state index >= 15 is 0 Å². The largest absolute Gasteiger partial charge is 0.448 e. The number of carbonyl (C=O) groups excluding carboxylic acids is 2. The van der Waals surface area contributed by atoms with Crippen LogP contribution in [0.4, 0.5) is 4.39 Å². The molecule has 1 aliphatic heterocycles. The van der Waals surface area contributed by atoms with Crippen LogP contribution >= 0.6 is 0 Å². The summed E-state index contributed by atoms with van der Waals surface area (Å²) in [4.78, 5) is 27.2. The fourth-order valence-corrected chi connectivity index (χ4v) is 4.20. The van der Waals surface area contributed by atoms with Crippen molar-refractivity contribution in [3.8, 4) is 5.69 Å². The first-order valence-electron chi connectivity index (χ1n) is 10.4. The Bertz CT molecular complexity index is 901. The van der Waals surface area contributed by atoms with Crippen molar-refractivity contribution in [1.82, 2.24) is 14.7 Å². The molecule has 1 unspecified atom stereocenters. The number of aromatic nitrogens is 2. The van der Waals surface area contributed by atoms with Gasteiger partial charge in [0, 0.05) is 24.3 Å². The maximum atomic E-state index is 13.3. The lowest BCUT2D eigenvalue weighted by Gasteiger charge is -2.20. The Morgan fingerprint density at radius 2 is 1.72 bits per heavy atom. The van der Waals surface area contributed by atoms with Gasteiger partial charge in [0.15, 0.2) is 11.8 Å². The second-order valence-corrected chi connectivity index (χ2v) is 7.80. The van der Waals surface area contributed by atoms with Crippen molar-refractivity contribution in [2.24, 2.45) is 0 Å². The standard InChI is InChI=1S/C22H26FN3O3/c1-15(21(27)25-13-5-6-14-25)29-22(28)20-18-7-3-2-4-8-19(18)26(24-20)17-11-9-16(23)10-12-17/h9-12,15H,2-8,13-14H2,1H3. The average Bonchev–Trinajstić information content (AvgIpc) is 3.31. The third-order valence-electron chi connectivity index (χ3n) is 5.74. The molecule has 7 heteroatoms. The Labute approximate surface area is 169 Å². The number of likely N-dealkylation sites (tertiary alicyclic amines) is 1. The van der Waals surface area contributed by atoms with Gasteiger partial charge in [0.1, 0.15) is 5.82 Å². The van der Waals surface area contributed by atoms with Gasteiger partial charge in [0.05, 0.1) is 5.69 Å². The summed E-state index contributed by atoms with van der Waals surface area (Å²) >= 11 is 0. The smallest absolute Gasteiger partial charge is 0.359 e. The Kier molecular flexibility index (Phi) is 5.65. The van der Waals surface area contributed by atoms with Crippen LogP contribution in [0.3, 0.4) is 0 Å². The van der Waals surface area contributed by atoms with Crippen molar-refractivity contribution in [3.05, 3.63) is 47.0 Å². The molecule has 1 aliphatic carbocycles. The summed E-state index contributed by atoms with van der Waals surface area (Å²) in [6.45, 7) is 3.05. The number of fused-ring (bicyclic) bond motifs is 1. The van der Waals surface area contributed by atoms with E-state index in [0.29, 0.717) is 5.69 Å². The highest BCUT2D eigenvalue weighted by atomic mass is 19.1. The highest BCUT2D eigenvalue weighted by Crippen LogP contribution is 2.27. The molecule has 1 saturated heterocycles. The van der Waals surface area contributed by atoms with Crippen LogP contribution in [-0.4, -0.2) is 45.8 Å². The molecule has 1 atom stereocenters. The van der Waals surface area contributed by atoms with Gasteiger partial charge in [-0.3, -0.25) is 4.79 Å². The van der Waals surface area contributed by atoms with Gasteiger partial charge in [-0.15, -0.1) is 0 Å². The van der Waals surface area contributed by atoms with Gasteiger partial charge < -0.3 is 9.64 Å². The summed E-state index contributed by atoms with van der Waals surface area (Å²) in [6.07, 6.45) is 5.76. The van der Waals surface area contributed by atoms with Gasteiger partial charge in [0.25, 0.3) is 5.91 Å². The lowest BCUT2D eigenvalue weighted by Crippen LogP contribution is -2.38. The van der Waals surface area contributed by atoms with Crippen molar-refractivity contribution >= 4 is 11.9 Å². The normalized spacial score (nSPS) is 17.5. The first-order chi connectivity index (χ1) is 14.0. The van der Waals surface area contributed by atoms with Crippen molar-refractivity contribution in [2.75, 3.05) is 13.1 Å². The average molecular weight is 399 g/mol. The van der Waals surface area contributed by atoms with Crippen LogP contribution in [0.25, 0.3) is 5.69 Å². The quantitative estimate of drug-likeness (QED) is 0.584. The number of esters is 1. The number of amides is 1. The SMILES string of the molecule is CC(OC(=O)c1nn(-c2ccc(F)cc2)c2c1CCCCC2)C(=O)N1CCCC1. The van der Waals surface area contributed by atoms with Gasteiger partial charge in [-0.25, -0.2) is 13.9 Å². The lowest BCUT2D eigenvalue weighted by atomic mass is 10.1. The maximum Gasteiger partial charge on any atom is 0.359 e. The summed E-state index contributed by atoms with van der Waals surface area (Å²) in [5.74, 6) is -1.04. The molecule has 2 heterocycles. The molecule has 0 bridgehead atoms. The monoisotopic (exact) mass is 399 g/mol. The molecule has 29 heavy (non-hydrogen) atoms. The van der Waals surface area contributed by atoms with E-state index in [9.17, 15) is 14.0 Å². The van der Waals surface area contributed by atoms with E-state index < -0.39 is 12.1 Å². The highest BCUT2D eigenvalue weighted by molar-refractivity contribution is 5.92. The summed E-state index contributed by atoms with van der Waals surface area (Å²) in [5.41, 5.74) is 2.84. The van der Waals surface area contributed by atoms with Gasteiger partial charge in [-0.2, -0.15) is 5.10 Å². The van der Waals surface area contributed by atoms with E-state index in [4.69, 9.17) is 4.74 Å². The van der Waals surface area contributed by atoms with E-state index in [0.717, 1.165) is 69.3 Å². The van der Waals surface area contributed by atoms with Crippen LogP contribution in [0.5, 0.6) is 0 Å². The molecule has 0 saturated carbocycles. The molecule has 154 valence electrons. The van der Waals surface area contributed by atoms with Crippen molar-refractivity contribution in [3.63, 3.8) is 0 Å². The summed E-state index contributed by atoms with van der Waals surface area (Å²) in [7, 11) is 0. The number of rotatable bonds is 4. The molecule has 6 nitrogen and oxygen atoms in total. The second-order valence-electron chi connectivity index (χ2n) is 7.80. The first-order valence-corrected chi connectivity index (χ1v) is 10.4. The molecule has 0 spiro atoms. The zero-order valence-electron chi connectivity index (χ0n) is 16.7. The molecular weight excluding hydrogens is 373 g/mol. The molecule has 2 aliphatic rings. The number of hydrogen-bond acceptors (Lipinski definition) is 4. The number of hydrogen-bond donors (Lipinski definition) is 0. The fraction of sp³-hybridized carbons (Fsp3) is 0.500. The molecule has 1 aromatic carbocycles. The van der Waals surface area contributed by atoms with Crippen molar-refractivity contribution < 1.29 is 18.7 Å². The Morgan fingerprint density at radius 3 is 2.45 bits per heavy atom. The minimum absolute atomic E-state index is 0.153. The Hall–Kier alpha value is -2.70. The molecule has 1 aromatic heterocycles. The van der Waals surface area contributed by atoms with Gasteiger partial charge in [-0.1, -0.05) is 6.42 Å². The van der Waals surface area contributed by atoms with Crippen molar-refractivity contribution in [1.29, 1.82) is 0 Å². The third kappa shape index (κ3) is 4.04. The number of nitrogens with zero attached hydrogens (tertiary/aromatic N) is 3. The lowest BCUT2D eigenvalue weighted by molar-refractivity contribution is -0.138. The fourth-order valence-electron chi connectivity index (χ4n) is 4.20. The topological polar surface area (TPSA) is 64.4 Å². The van der Waals surface area contributed by atoms with Crippen LogP contribution < -0.4 is 0 Å². The highest BCUT2D eigenvalue weighted by Gasteiger charge is 2.30. The number of benzene rings is 1. The van der Waals surface area contributed by atoms with Gasteiger partial charge in [-0.05, 0) is 69.7 Å². The minimum atomic E-state index is -0.835. The van der Waals surface area contributed by atoms with Crippen molar-refractivity contribution in [2.45, 2.75) is 58.0 Å². The first kappa shape index (κ1) is 19.6. The molecule has 1 fully saturated rings. The van der Waals surface area contributed by atoms with Gasteiger partial charge >= 0.3 is 5.97 Å². The zero-order valence-corrected chi connectivity index (χ0v) is 16.7. The van der Waals surface area contributed by atoms with Crippen LogP contribution in [0.1, 0.15) is 60.8 Å². The van der Waals surface area contributed by atoms with E-state index in [2.05, 4.69) is 5.10 Å². The van der Waals surface area contributed by atoms with Crippen LogP contribution in [0.2, 0.25) is 0 Å². The molecule has 2 aromatic rings. The Balaban J connectivity index is 1.61. The number of ether oxygens (including phenoxy) is 1. The summed E-state index contributed by atoms with van der Waals surface area (Å²) in [6, 6.07) is 6.08. The predicted molar refractivity (Wildman–Crippen MR) is 105 cm³/mol. The predicted octanol–water partition coefficient (Wildman–Crippen LogP) is 3.45. The second kappa shape index (κ2) is 8.35. The Morgan fingerprint density at radius 1 is 1.03 bits per heavy atom. The summed E-state index contributed by atoms with van der Waals surface area (Å²) < 4.78 is 20.6. The molecular formula is C22H26FN3O3. The molecule has 0 N–H and O–H groups in total. The third-order valence-corrected chi connectivity index (χ3v) is 5.74. The van der Waals surface area contributed by atoms with Crippen LogP contribution in [0, 0.1) is 5.82 Å². The van der Waals surface area contributed by atoms with Gasteiger partial charge in [0.2, 0.25) is 0 Å². The van der Waals surface area contributed by atoms with E-state index in [1.54, 1.807) is 28.6 Å².